The van der Waals surface area contributed by atoms with Crippen molar-refractivity contribution in [3.63, 3.8) is 0 Å². The minimum atomic E-state index is -1.29. The smallest absolute Gasteiger partial charge is 0.332 e. The van der Waals surface area contributed by atoms with Crippen LogP contribution in [0.25, 0.3) is 0 Å². The summed E-state index contributed by atoms with van der Waals surface area (Å²) in [6.07, 6.45) is 2.15. The van der Waals surface area contributed by atoms with Crippen molar-refractivity contribution < 1.29 is 19.7 Å². The molecular formula is C9H18O4. The molecule has 0 aliphatic heterocycles. The van der Waals surface area contributed by atoms with Gasteiger partial charge in [-0.15, -0.1) is 0 Å². The van der Waals surface area contributed by atoms with Gasteiger partial charge in [-0.3, -0.25) is 0 Å². The van der Waals surface area contributed by atoms with E-state index in [2.05, 4.69) is 6.92 Å². The highest BCUT2D eigenvalue weighted by Crippen LogP contribution is 1.96. The van der Waals surface area contributed by atoms with Gasteiger partial charge in [0.25, 0.3) is 0 Å². The minimum Gasteiger partial charge on any atom is -0.479 e. The van der Waals surface area contributed by atoms with Gasteiger partial charge in [0, 0.05) is 19.6 Å². The third-order valence-electron chi connectivity index (χ3n) is 1.71. The molecule has 78 valence electrons. The first-order valence-corrected chi connectivity index (χ1v) is 4.67. The molecule has 1 atom stereocenters. The Morgan fingerprint density at radius 3 is 2.62 bits per heavy atom. The molecular weight excluding hydrogens is 172 g/mol. The Hall–Kier alpha value is -0.610. The fraction of sp³-hybridized carbons (Fsp3) is 0.889. The second-order valence-electron chi connectivity index (χ2n) is 2.96. The van der Waals surface area contributed by atoms with Gasteiger partial charge in [0.15, 0.2) is 6.10 Å². The molecule has 2 N–H and O–H groups in total. The predicted molar refractivity (Wildman–Crippen MR) is 48.6 cm³/mol. The van der Waals surface area contributed by atoms with Crippen LogP contribution in [0.2, 0.25) is 0 Å². The van der Waals surface area contributed by atoms with Crippen LogP contribution in [0, 0.1) is 0 Å². The average Bonchev–Trinajstić information content (AvgIpc) is 2.10. The van der Waals surface area contributed by atoms with Crippen molar-refractivity contribution in [2.45, 2.75) is 38.7 Å². The van der Waals surface area contributed by atoms with E-state index in [1.807, 2.05) is 0 Å². The summed E-state index contributed by atoms with van der Waals surface area (Å²) in [7, 11) is 0. The van der Waals surface area contributed by atoms with Crippen molar-refractivity contribution in [3.8, 4) is 0 Å². The highest BCUT2D eigenvalue weighted by molar-refractivity contribution is 5.71. The molecule has 0 aromatic carbocycles. The zero-order chi connectivity index (χ0) is 10.1. The van der Waals surface area contributed by atoms with Gasteiger partial charge in [0.1, 0.15) is 0 Å². The van der Waals surface area contributed by atoms with E-state index in [0.29, 0.717) is 13.2 Å². The normalized spacial score (nSPS) is 12.8. The summed E-state index contributed by atoms with van der Waals surface area (Å²) >= 11 is 0. The average molecular weight is 190 g/mol. The highest BCUT2D eigenvalue weighted by atomic mass is 16.5. The Labute approximate surface area is 78.5 Å². The number of hydrogen-bond donors (Lipinski definition) is 2. The van der Waals surface area contributed by atoms with Gasteiger partial charge in [0.2, 0.25) is 0 Å². The van der Waals surface area contributed by atoms with E-state index in [1.54, 1.807) is 0 Å². The number of hydrogen-bond acceptors (Lipinski definition) is 3. The van der Waals surface area contributed by atoms with Gasteiger partial charge in [-0.1, -0.05) is 19.8 Å². The Kier molecular flexibility index (Phi) is 7.63. The van der Waals surface area contributed by atoms with Crippen LogP contribution in [0.15, 0.2) is 0 Å². The summed E-state index contributed by atoms with van der Waals surface area (Å²) in [6, 6.07) is 0. The number of aliphatic hydroxyl groups excluding tert-OH is 1. The molecule has 4 heteroatoms. The molecule has 0 saturated heterocycles. The second-order valence-corrected chi connectivity index (χ2v) is 2.96. The van der Waals surface area contributed by atoms with E-state index in [4.69, 9.17) is 14.9 Å². The van der Waals surface area contributed by atoms with Crippen LogP contribution in [0.3, 0.4) is 0 Å². The molecule has 0 aliphatic rings. The molecule has 0 aromatic heterocycles. The first kappa shape index (κ1) is 12.4. The van der Waals surface area contributed by atoms with E-state index >= 15 is 0 Å². The van der Waals surface area contributed by atoms with Crippen LogP contribution >= 0.6 is 0 Å². The zero-order valence-corrected chi connectivity index (χ0v) is 8.03. The highest BCUT2D eigenvalue weighted by Gasteiger charge is 2.11. The molecule has 0 spiro atoms. The number of carboxylic acid groups (broad SMARTS) is 1. The number of aliphatic carboxylic acids is 1. The number of unbranched alkanes of at least 4 members (excludes halogenated alkanes) is 2. The number of rotatable bonds is 8. The number of carbonyl (C=O) groups is 1. The summed E-state index contributed by atoms with van der Waals surface area (Å²) in [5.74, 6) is -1.18. The molecule has 0 heterocycles. The quantitative estimate of drug-likeness (QED) is 0.561. The van der Waals surface area contributed by atoms with Crippen molar-refractivity contribution in [2.75, 3.05) is 13.2 Å². The van der Waals surface area contributed by atoms with E-state index < -0.39 is 12.1 Å². The molecule has 13 heavy (non-hydrogen) atoms. The Morgan fingerprint density at radius 2 is 2.08 bits per heavy atom. The van der Waals surface area contributed by atoms with Crippen molar-refractivity contribution in [1.82, 2.24) is 0 Å². The summed E-state index contributed by atoms with van der Waals surface area (Å²) in [5, 5.41) is 17.2. The first-order valence-electron chi connectivity index (χ1n) is 4.67. The fourth-order valence-electron chi connectivity index (χ4n) is 0.875. The standard InChI is InChI=1S/C9H18O4/c1-2-3-4-6-13-7-5-8(10)9(11)12/h8,10H,2-7H2,1H3,(H,11,12). The maximum absolute atomic E-state index is 10.2. The second kappa shape index (κ2) is 8.01. The summed E-state index contributed by atoms with van der Waals surface area (Å²) < 4.78 is 5.13. The van der Waals surface area contributed by atoms with E-state index in [0.717, 1.165) is 19.3 Å². The number of aliphatic hydroxyl groups is 1. The van der Waals surface area contributed by atoms with E-state index in [1.165, 1.54) is 0 Å². The van der Waals surface area contributed by atoms with Crippen molar-refractivity contribution in [3.05, 3.63) is 0 Å². The predicted octanol–water partition coefficient (Wildman–Crippen LogP) is 1.03. The fourth-order valence-corrected chi connectivity index (χ4v) is 0.875. The summed E-state index contributed by atoms with van der Waals surface area (Å²) in [6.45, 7) is 3.07. The van der Waals surface area contributed by atoms with Crippen molar-refractivity contribution in [1.29, 1.82) is 0 Å². The maximum Gasteiger partial charge on any atom is 0.332 e. The largest absolute Gasteiger partial charge is 0.479 e. The molecule has 0 aliphatic carbocycles. The molecule has 0 aromatic rings. The van der Waals surface area contributed by atoms with Crippen LogP contribution < -0.4 is 0 Å². The SMILES string of the molecule is CCCCCOCCC(O)C(=O)O. The minimum absolute atomic E-state index is 0.168. The van der Waals surface area contributed by atoms with Crippen molar-refractivity contribution in [2.24, 2.45) is 0 Å². The summed E-state index contributed by atoms with van der Waals surface area (Å²) in [5.41, 5.74) is 0. The molecule has 0 radical (unpaired) electrons. The molecule has 0 amide bonds. The number of ether oxygens (including phenoxy) is 1. The molecule has 0 rings (SSSR count). The van der Waals surface area contributed by atoms with Crippen LogP contribution in [-0.4, -0.2) is 35.5 Å². The van der Waals surface area contributed by atoms with Gasteiger partial charge in [0.05, 0.1) is 0 Å². The first-order chi connectivity index (χ1) is 6.18. The van der Waals surface area contributed by atoms with Crippen LogP contribution in [0.5, 0.6) is 0 Å². The van der Waals surface area contributed by atoms with E-state index in [9.17, 15) is 4.79 Å². The van der Waals surface area contributed by atoms with Crippen LogP contribution in [0.4, 0.5) is 0 Å². The molecule has 0 bridgehead atoms. The molecule has 0 saturated carbocycles. The molecule has 0 fully saturated rings. The number of carboxylic acids is 1. The lowest BCUT2D eigenvalue weighted by Crippen LogP contribution is -2.21. The molecule has 1 unspecified atom stereocenters. The van der Waals surface area contributed by atoms with Gasteiger partial charge in [-0.05, 0) is 6.42 Å². The third-order valence-corrected chi connectivity index (χ3v) is 1.71. The zero-order valence-electron chi connectivity index (χ0n) is 8.03. The van der Waals surface area contributed by atoms with Crippen LogP contribution in [0.1, 0.15) is 32.6 Å². The Morgan fingerprint density at radius 1 is 1.38 bits per heavy atom. The van der Waals surface area contributed by atoms with Crippen molar-refractivity contribution >= 4 is 5.97 Å². The Balaban J connectivity index is 3.11. The maximum atomic E-state index is 10.2. The van der Waals surface area contributed by atoms with Gasteiger partial charge < -0.3 is 14.9 Å². The van der Waals surface area contributed by atoms with E-state index in [-0.39, 0.29) is 6.42 Å². The Bertz CT molecular complexity index is 136. The monoisotopic (exact) mass is 190 g/mol. The lowest BCUT2D eigenvalue weighted by Gasteiger charge is -2.05. The lowest BCUT2D eigenvalue weighted by atomic mass is 10.2. The molecule has 4 nitrogen and oxygen atoms in total. The topological polar surface area (TPSA) is 66.8 Å². The third kappa shape index (κ3) is 7.74. The van der Waals surface area contributed by atoms with Gasteiger partial charge in [-0.25, -0.2) is 4.79 Å². The van der Waals surface area contributed by atoms with Crippen LogP contribution in [-0.2, 0) is 9.53 Å². The lowest BCUT2D eigenvalue weighted by molar-refractivity contribution is -0.147. The summed E-state index contributed by atoms with van der Waals surface area (Å²) in [4.78, 5) is 10.2. The van der Waals surface area contributed by atoms with Gasteiger partial charge in [-0.2, -0.15) is 0 Å². The van der Waals surface area contributed by atoms with Gasteiger partial charge >= 0.3 is 5.97 Å².